The largest absolute Gasteiger partial charge is 0.506 e. The molecular formula is C20H23ClN4O3. The van der Waals surface area contributed by atoms with Crippen molar-refractivity contribution in [3.63, 3.8) is 0 Å². The number of urea groups is 1. The number of hydrogen-bond acceptors (Lipinski definition) is 4. The summed E-state index contributed by atoms with van der Waals surface area (Å²) in [5.41, 5.74) is 1.38. The van der Waals surface area contributed by atoms with Crippen LogP contribution in [0.5, 0.6) is 5.75 Å². The van der Waals surface area contributed by atoms with Gasteiger partial charge in [0.15, 0.2) is 0 Å². The number of benzene rings is 2. The predicted molar refractivity (Wildman–Crippen MR) is 110 cm³/mol. The number of phenols is 1. The van der Waals surface area contributed by atoms with Gasteiger partial charge in [-0.1, -0.05) is 23.7 Å². The van der Waals surface area contributed by atoms with Crippen molar-refractivity contribution in [2.24, 2.45) is 0 Å². The second kappa shape index (κ2) is 8.84. The molecule has 8 heteroatoms. The van der Waals surface area contributed by atoms with Gasteiger partial charge in [0.05, 0.1) is 5.69 Å². The third kappa shape index (κ3) is 4.86. The Morgan fingerprint density at radius 2 is 1.68 bits per heavy atom. The molecular weight excluding hydrogens is 380 g/mol. The lowest BCUT2D eigenvalue weighted by atomic mass is 10.2. The summed E-state index contributed by atoms with van der Waals surface area (Å²) in [6.45, 7) is 4.13. The molecule has 1 atom stereocenters. The van der Waals surface area contributed by atoms with Crippen molar-refractivity contribution in [1.29, 1.82) is 0 Å². The van der Waals surface area contributed by atoms with E-state index in [0.29, 0.717) is 36.9 Å². The Labute approximate surface area is 168 Å². The molecule has 3 amide bonds. The number of para-hydroxylation sites is 2. The average Bonchev–Trinajstić information content (AvgIpc) is 2.70. The number of carbonyl (C=O) groups excluding carboxylic acids is 2. The van der Waals surface area contributed by atoms with E-state index in [9.17, 15) is 14.7 Å². The highest BCUT2D eigenvalue weighted by Gasteiger charge is 2.24. The molecule has 2 aromatic rings. The number of carbonyl (C=O) groups is 2. The first-order valence-electron chi connectivity index (χ1n) is 9.09. The van der Waals surface area contributed by atoms with E-state index in [4.69, 9.17) is 11.6 Å². The lowest BCUT2D eigenvalue weighted by Crippen LogP contribution is -2.54. The molecule has 0 aliphatic carbocycles. The predicted octanol–water partition coefficient (Wildman–Crippen LogP) is 2.90. The summed E-state index contributed by atoms with van der Waals surface area (Å²) in [4.78, 5) is 28.6. The van der Waals surface area contributed by atoms with Gasteiger partial charge in [-0.25, -0.2) is 4.79 Å². The van der Waals surface area contributed by atoms with Gasteiger partial charge in [-0.3, -0.25) is 4.79 Å². The van der Waals surface area contributed by atoms with Crippen LogP contribution in [0.15, 0.2) is 48.5 Å². The van der Waals surface area contributed by atoms with Crippen molar-refractivity contribution in [3.05, 3.63) is 53.6 Å². The fourth-order valence-corrected chi connectivity index (χ4v) is 3.11. The van der Waals surface area contributed by atoms with Crippen molar-refractivity contribution in [2.45, 2.75) is 13.0 Å². The standard InChI is InChI=1S/C20H23ClN4O3/c1-14(19(27)23-17-4-2-3-5-18(17)26)22-20(28)25-12-10-24(11-13-25)16-8-6-15(21)7-9-16/h2-9,14,26H,10-13H2,1H3,(H,22,28)(H,23,27)/t14-/m1/s1. The second-order valence-electron chi connectivity index (χ2n) is 6.63. The van der Waals surface area contributed by atoms with E-state index in [1.807, 2.05) is 24.3 Å². The van der Waals surface area contributed by atoms with Gasteiger partial charge < -0.3 is 25.5 Å². The van der Waals surface area contributed by atoms with Gasteiger partial charge in [0.2, 0.25) is 5.91 Å². The van der Waals surface area contributed by atoms with Crippen molar-refractivity contribution < 1.29 is 14.7 Å². The Kier molecular flexibility index (Phi) is 6.26. The third-order valence-corrected chi connectivity index (χ3v) is 4.91. The first kappa shape index (κ1) is 19.8. The summed E-state index contributed by atoms with van der Waals surface area (Å²) in [5, 5.41) is 15.7. The fourth-order valence-electron chi connectivity index (χ4n) is 2.98. The van der Waals surface area contributed by atoms with Crippen molar-refractivity contribution >= 4 is 34.9 Å². The van der Waals surface area contributed by atoms with Gasteiger partial charge in [-0.15, -0.1) is 0 Å². The number of anilines is 2. The normalized spacial score (nSPS) is 15.1. The lowest BCUT2D eigenvalue weighted by Gasteiger charge is -2.36. The van der Waals surface area contributed by atoms with E-state index in [0.717, 1.165) is 5.69 Å². The third-order valence-electron chi connectivity index (χ3n) is 4.65. The van der Waals surface area contributed by atoms with Crippen LogP contribution in [-0.2, 0) is 4.79 Å². The molecule has 3 rings (SSSR count). The number of rotatable bonds is 4. The van der Waals surface area contributed by atoms with E-state index < -0.39 is 11.9 Å². The molecule has 1 heterocycles. The molecule has 0 radical (unpaired) electrons. The smallest absolute Gasteiger partial charge is 0.318 e. The number of nitrogens with zero attached hydrogens (tertiary/aromatic N) is 2. The van der Waals surface area contributed by atoms with E-state index in [1.165, 1.54) is 6.07 Å². The molecule has 148 valence electrons. The molecule has 0 aromatic heterocycles. The highest BCUT2D eigenvalue weighted by molar-refractivity contribution is 6.30. The Hall–Kier alpha value is -2.93. The van der Waals surface area contributed by atoms with E-state index in [2.05, 4.69) is 15.5 Å². The minimum Gasteiger partial charge on any atom is -0.506 e. The molecule has 0 saturated carbocycles. The van der Waals surface area contributed by atoms with Crippen LogP contribution in [0.2, 0.25) is 5.02 Å². The van der Waals surface area contributed by atoms with Crippen molar-refractivity contribution in [2.75, 3.05) is 36.4 Å². The molecule has 1 aliphatic heterocycles. The fraction of sp³-hybridized carbons (Fsp3) is 0.300. The molecule has 1 saturated heterocycles. The van der Waals surface area contributed by atoms with E-state index >= 15 is 0 Å². The summed E-state index contributed by atoms with van der Waals surface area (Å²) in [6, 6.07) is 13.1. The van der Waals surface area contributed by atoms with Crippen LogP contribution in [0.1, 0.15) is 6.92 Å². The Morgan fingerprint density at radius 3 is 2.32 bits per heavy atom. The Morgan fingerprint density at radius 1 is 1.04 bits per heavy atom. The molecule has 3 N–H and O–H groups in total. The number of hydrogen-bond donors (Lipinski definition) is 3. The molecule has 1 fully saturated rings. The van der Waals surface area contributed by atoms with Gasteiger partial charge in [-0.05, 0) is 43.3 Å². The van der Waals surface area contributed by atoms with Crippen molar-refractivity contribution in [1.82, 2.24) is 10.2 Å². The van der Waals surface area contributed by atoms with Gasteiger partial charge in [0.1, 0.15) is 11.8 Å². The topological polar surface area (TPSA) is 84.9 Å². The van der Waals surface area contributed by atoms with Crippen LogP contribution in [0.25, 0.3) is 0 Å². The zero-order valence-electron chi connectivity index (χ0n) is 15.6. The van der Waals surface area contributed by atoms with Crippen LogP contribution in [0, 0.1) is 0 Å². The average molecular weight is 403 g/mol. The highest BCUT2D eigenvalue weighted by atomic mass is 35.5. The quantitative estimate of drug-likeness (QED) is 0.686. The van der Waals surface area contributed by atoms with Crippen LogP contribution in [-0.4, -0.2) is 54.2 Å². The first-order valence-corrected chi connectivity index (χ1v) is 9.46. The maximum Gasteiger partial charge on any atom is 0.318 e. The lowest BCUT2D eigenvalue weighted by molar-refractivity contribution is -0.117. The van der Waals surface area contributed by atoms with E-state index in [1.54, 1.807) is 30.0 Å². The Balaban J connectivity index is 1.49. The molecule has 0 unspecified atom stereocenters. The number of aromatic hydroxyl groups is 1. The molecule has 0 bridgehead atoms. The molecule has 28 heavy (non-hydrogen) atoms. The van der Waals surface area contributed by atoms with Gasteiger partial charge in [0.25, 0.3) is 0 Å². The summed E-state index contributed by atoms with van der Waals surface area (Å²) < 4.78 is 0. The van der Waals surface area contributed by atoms with Crippen molar-refractivity contribution in [3.8, 4) is 5.75 Å². The SMILES string of the molecule is C[C@@H](NC(=O)N1CCN(c2ccc(Cl)cc2)CC1)C(=O)Nc1ccccc1O. The molecule has 7 nitrogen and oxygen atoms in total. The van der Waals surface area contributed by atoms with Crippen LogP contribution >= 0.6 is 11.6 Å². The minimum atomic E-state index is -0.735. The molecule has 0 spiro atoms. The van der Waals surface area contributed by atoms with Crippen LogP contribution in [0.3, 0.4) is 0 Å². The maximum atomic E-state index is 12.5. The van der Waals surface area contributed by atoms with Gasteiger partial charge >= 0.3 is 6.03 Å². The number of amides is 3. The van der Waals surface area contributed by atoms with Gasteiger partial charge in [0, 0.05) is 36.9 Å². The number of nitrogens with one attached hydrogen (secondary N) is 2. The second-order valence-corrected chi connectivity index (χ2v) is 7.06. The molecule has 1 aliphatic rings. The number of phenolic OH excluding ortho intramolecular Hbond substituents is 1. The first-order chi connectivity index (χ1) is 13.4. The minimum absolute atomic E-state index is 0.0207. The van der Waals surface area contributed by atoms with Crippen LogP contribution < -0.4 is 15.5 Å². The summed E-state index contributed by atoms with van der Waals surface area (Å²) in [6.07, 6.45) is 0. The zero-order chi connectivity index (χ0) is 20.1. The Bertz CT molecular complexity index is 836. The zero-order valence-corrected chi connectivity index (χ0v) is 16.3. The summed E-state index contributed by atoms with van der Waals surface area (Å²) >= 11 is 5.92. The number of halogens is 1. The molecule has 2 aromatic carbocycles. The van der Waals surface area contributed by atoms with Gasteiger partial charge in [-0.2, -0.15) is 0 Å². The van der Waals surface area contributed by atoms with E-state index in [-0.39, 0.29) is 11.8 Å². The number of piperazine rings is 1. The maximum absolute atomic E-state index is 12.5. The summed E-state index contributed by atoms with van der Waals surface area (Å²) in [7, 11) is 0. The summed E-state index contributed by atoms with van der Waals surface area (Å²) in [5.74, 6) is -0.414. The monoisotopic (exact) mass is 402 g/mol. The van der Waals surface area contributed by atoms with Crippen LogP contribution in [0.4, 0.5) is 16.2 Å². The highest BCUT2D eigenvalue weighted by Crippen LogP contribution is 2.22.